The van der Waals surface area contributed by atoms with Gasteiger partial charge in [-0.15, -0.1) is 0 Å². The van der Waals surface area contributed by atoms with Crippen LogP contribution in [0.5, 0.6) is 0 Å². The number of pyridine rings is 1. The molecule has 0 unspecified atom stereocenters. The molecular formula is C10H9BrFN3O2. The van der Waals surface area contributed by atoms with Gasteiger partial charge in [-0.25, -0.2) is 14.2 Å². The largest absolute Gasteiger partial charge is 0.329 e. The van der Waals surface area contributed by atoms with Gasteiger partial charge in [-0.1, -0.05) is 15.9 Å². The molecule has 0 radical (unpaired) electrons. The number of anilines is 1. The van der Waals surface area contributed by atoms with Crippen LogP contribution in [0.4, 0.5) is 15.0 Å². The van der Waals surface area contributed by atoms with E-state index in [-0.39, 0.29) is 18.9 Å². The molecule has 90 valence electrons. The minimum Gasteiger partial charge on any atom is -0.278 e. The SMILES string of the molecule is O=C1CCN(c2ncc(F)cc2CBr)C(=O)N1. The topological polar surface area (TPSA) is 62.3 Å². The van der Waals surface area contributed by atoms with Crippen molar-refractivity contribution in [1.82, 2.24) is 10.3 Å². The van der Waals surface area contributed by atoms with E-state index in [2.05, 4.69) is 26.2 Å². The number of imide groups is 1. The average molecular weight is 302 g/mol. The molecule has 2 rings (SSSR count). The van der Waals surface area contributed by atoms with E-state index in [4.69, 9.17) is 0 Å². The number of nitrogens with zero attached hydrogens (tertiary/aromatic N) is 2. The maximum Gasteiger partial charge on any atom is 0.329 e. The van der Waals surface area contributed by atoms with E-state index < -0.39 is 11.8 Å². The van der Waals surface area contributed by atoms with Gasteiger partial charge in [0.15, 0.2) is 0 Å². The molecule has 3 amide bonds. The van der Waals surface area contributed by atoms with Crippen LogP contribution in [0.25, 0.3) is 0 Å². The highest BCUT2D eigenvalue weighted by molar-refractivity contribution is 9.08. The van der Waals surface area contributed by atoms with E-state index in [9.17, 15) is 14.0 Å². The smallest absolute Gasteiger partial charge is 0.278 e. The standard InChI is InChI=1S/C10H9BrFN3O2/c11-4-6-3-7(12)5-13-9(6)15-2-1-8(16)14-10(15)17/h3,5H,1-2,4H2,(H,14,16,17). The van der Waals surface area contributed by atoms with Crippen molar-refractivity contribution in [3.05, 3.63) is 23.6 Å². The van der Waals surface area contributed by atoms with Gasteiger partial charge < -0.3 is 0 Å². The number of halogens is 2. The molecule has 0 atom stereocenters. The lowest BCUT2D eigenvalue weighted by Gasteiger charge is -2.26. The van der Waals surface area contributed by atoms with E-state index >= 15 is 0 Å². The molecule has 1 aromatic rings. The molecule has 17 heavy (non-hydrogen) atoms. The number of carbonyl (C=O) groups excluding carboxylic acids is 2. The zero-order valence-electron chi connectivity index (χ0n) is 8.74. The van der Waals surface area contributed by atoms with Crippen LogP contribution >= 0.6 is 15.9 Å². The Morgan fingerprint density at radius 1 is 1.53 bits per heavy atom. The molecule has 0 spiro atoms. The lowest BCUT2D eigenvalue weighted by molar-refractivity contribution is -0.120. The molecule has 2 heterocycles. The normalized spacial score (nSPS) is 16.0. The summed E-state index contributed by atoms with van der Waals surface area (Å²) in [7, 11) is 0. The summed E-state index contributed by atoms with van der Waals surface area (Å²) in [6.45, 7) is 0.253. The zero-order chi connectivity index (χ0) is 12.4. The Hall–Kier alpha value is -1.50. The number of hydrogen-bond donors (Lipinski definition) is 1. The van der Waals surface area contributed by atoms with E-state index in [1.165, 1.54) is 11.0 Å². The molecule has 0 aliphatic carbocycles. The summed E-state index contributed by atoms with van der Waals surface area (Å²) >= 11 is 3.21. The Morgan fingerprint density at radius 2 is 2.29 bits per heavy atom. The zero-order valence-corrected chi connectivity index (χ0v) is 10.3. The third kappa shape index (κ3) is 2.44. The number of aromatic nitrogens is 1. The maximum atomic E-state index is 13.0. The predicted molar refractivity (Wildman–Crippen MR) is 62.3 cm³/mol. The van der Waals surface area contributed by atoms with Gasteiger partial charge in [0.05, 0.1) is 6.20 Å². The second-order valence-electron chi connectivity index (χ2n) is 3.52. The fourth-order valence-corrected chi connectivity index (χ4v) is 1.99. The third-order valence-corrected chi connectivity index (χ3v) is 2.97. The number of amides is 3. The fourth-order valence-electron chi connectivity index (χ4n) is 1.58. The van der Waals surface area contributed by atoms with Crippen LogP contribution in [0.1, 0.15) is 12.0 Å². The summed E-state index contributed by atoms with van der Waals surface area (Å²) < 4.78 is 13.0. The van der Waals surface area contributed by atoms with Crippen LogP contribution in [-0.2, 0) is 10.1 Å². The molecule has 1 aromatic heterocycles. The van der Waals surface area contributed by atoms with Crippen LogP contribution < -0.4 is 10.2 Å². The van der Waals surface area contributed by atoms with E-state index in [0.717, 1.165) is 6.20 Å². The monoisotopic (exact) mass is 301 g/mol. The summed E-state index contributed by atoms with van der Waals surface area (Å²) in [6.07, 6.45) is 1.26. The summed E-state index contributed by atoms with van der Waals surface area (Å²) in [4.78, 5) is 27.8. The molecule has 0 aromatic carbocycles. The van der Waals surface area contributed by atoms with E-state index in [1.807, 2.05) is 0 Å². The molecule has 0 bridgehead atoms. The van der Waals surface area contributed by atoms with Crippen LogP contribution in [0.15, 0.2) is 12.3 Å². The number of nitrogens with one attached hydrogen (secondary N) is 1. The molecule has 1 fully saturated rings. The van der Waals surface area contributed by atoms with Crippen molar-refractivity contribution in [3.8, 4) is 0 Å². The van der Waals surface area contributed by atoms with Crippen LogP contribution in [0.3, 0.4) is 0 Å². The highest BCUT2D eigenvalue weighted by Crippen LogP contribution is 2.22. The first-order valence-corrected chi connectivity index (χ1v) is 6.05. The number of rotatable bonds is 2. The van der Waals surface area contributed by atoms with Crippen molar-refractivity contribution in [1.29, 1.82) is 0 Å². The molecule has 1 aliphatic heterocycles. The predicted octanol–water partition coefficient (Wildman–Crippen LogP) is 1.56. The summed E-state index contributed by atoms with van der Waals surface area (Å²) in [6, 6.07) is 0.781. The van der Waals surface area contributed by atoms with Crippen molar-refractivity contribution in [2.24, 2.45) is 0 Å². The molecule has 5 nitrogen and oxygen atoms in total. The second kappa shape index (κ2) is 4.79. The fraction of sp³-hybridized carbons (Fsp3) is 0.300. The Balaban J connectivity index is 2.33. The van der Waals surface area contributed by atoms with Gasteiger partial charge in [0.2, 0.25) is 5.91 Å². The Bertz CT molecular complexity index is 481. The lowest BCUT2D eigenvalue weighted by Crippen LogP contribution is -2.50. The van der Waals surface area contributed by atoms with Crippen LogP contribution in [0.2, 0.25) is 0 Å². The first-order valence-electron chi connectivity index (χ1n) is 4.93. The van der Waals surface area contributed by atoms with Gasteiger partial charge in [-0.3, -0.25) is 15.0 Å². The van der Waals surface area contributed by atoms with Crippen molar-refractivity contribution >= 4 is 33.7 Å². The quantitative estimate of drug-likeness (QED) is 0.843. The Kier molecular flexibility index (Phi) is 3.37. The minimum atomic E-state index is -0.525. The molecule has 1 saturated heterocycles. The average Bonchev–Trinajstić information content (AvgIpc) is 2.30. The summed E-state index contributed by atoms with van der Waals surface area (Å²) in [5.74, 6) is -0.404. The van der Waals surface area contributed by atoms with Crippen molar-refractivity contribution in [2.75, 3.05) is 11.4 Å². The highest BCUT2D eigenvalue weighted by Gasteiger charge is 2.26. The first kappa shape index (κ1) is 12.0. The van der Waals surface area contributed by atoms with Gasteiger partial charge in [-0.2, -0.15) is 0 Å². The minimum absolute atomic E-state index is 0.215. The summed E-state index contributed by atoms with van der Waals surface area (Å²) in [5, 5.41) is 2.57. The molecule has 7 heteroatoms. The molecular weight excluding hydrogens is 293 g/mol. The first-order chi connectivity index (χ1) is 8.11. The van der Waals surface area contributed by atoms with Crippen LogP contribution in [-0.4, -0.2) is 23.5 Å². The third-order valence-electron chi connectivity index (χ3n) is 2.36. The van der Waals surface area contributed by atoms with E-state index in [0.29, 0.717) is 16.7 Å². The van der Waals surface area contributed by atoms with Crippen molar-refractivity contribution in [3.63, 3.8) is 0 Å². The van der Waals surface area contributed by atoms with Crippen LogP contribution in [0, 0.1) is 5.82 Å². The van der Waals surface area contributed by atoms with Gasteiger partial charge in [0, 0.05) is 23.9 Å². The van der Waals surface area contributed by atoms with Gasteiger partial charge in [0.25, 0.3) is 0 Å². The van der Waals surface area contributed by atoms with Gasteiger partial charge in [-0.05, 0) is 6.07 Å². The maximum absolute atomic E-state index is 13.0. The molecule has 1 N–H and O–H groups in total. The molecule has 1 aliphatic rings. The van der Waals surface area contributed by atoms with E-state index in [1.54, 1.807) is 0 Å². The van der Waals surface area contributed by atoms with Crippen molar-refractivity contribution in [2.45, 2.75) is 11.8 Å². The van der Waals surface area contributed by atoms with Gasteiger partial charge >= 0.3 is 6.03 Å². The van der Waals surface area contributed by atoms with Gasteiger partial charge in [0.1, 0.15) is 11.6 Å². The number of carbonyl (C=O) groups is 2. The summed E-state index contributed by atoms with van der Waals surface area (Å²) in [5.41, 5.74) is 0.564. The highest BCUT2D eigenvalue weighted by atomic mass is 79.9. The lowest BCUT2D eigenvalue weighted by atomic mass is 10.2. The van der Waals surface area contributed by atoms with Crippen molar-refractivity contribution < 1.29 is 14.0 Å². The number of urea groups is 1. The second-order valence-corrected chi connectivity index (χ2v) is 4.09. The Morgan fingerprint density at radius 3 is 2.94 bits per heavy atom. The number of hydrogen-bond acceptors (Lipinski definition) is 3. The molecule has 0 saturated carbocycles. The Labute approximate surface area is 105 Å². The number of alkyl halides is 1.